The molecule has 0 atom stereocenters. The molecule has 1 N–H and O–H groups in total. The van der Waals surface area contributed by atoms with Gasteiger partial charge in [0.25, 0.3) is 5.91 Å². The fourth-order valence-corrected chi connectivity index (χ4v) is 5.33. The zero-order valence-electron chi connectivity index (χ0n) is 16.0. The van der Waals surface area contributed by atoms with Crippen LogP contribution in [-0.2, 0) is 24.1 Å². The normalized spacial score (nSPS) is 15.6. The van der Waals surface area contributed by atoms with Gasteiger partial charge in [0.05, 0.1) is 21.3 Å². The van der Waals surface area contributed by atoms with E-state index in [4.69, 9.17) is 16.6 Å². The van der Waals surface area contributed by atoms with Crippen molar-refractivity contribution >= 4 is 39.6 Å². The first-order valence-electron chi connectivity index (χ1n) is 10.1. The van der Waals surface area contributed by atoms with Gasteiger partial charge in [0.15, 0.2) is 0 Å². The fraction of sp³-hybridized carbons (Fsp3) is 0.250. The van der Waals surface area contributed by atoms with Gasteiger partial charge in [0.2, 0.25) is 0 Å². The standard InChI is InChI=1S/C24H21ClN2OS/c25-23-17-10-13-21(22-9-4-14-29-22)26-20(17)12-11-18(23)24(28)27-19-8-3-6-15-5-1-2-7-16(15)19/h3-4,6,8-10,13-14H,1-2,5,7,11-12H2,(H,27,28). The van der Waals surface area contributed by atoms with Crippen molar-refractivity contribution in [2.45, 2.75) is 38.5 Å². The molecular formula is C24H21ClN2OS. The van der Waals surface area contributed by atoms with Crippen LogP contribution in [0.15, 0.2) is 53.4 Å². The largest absolute Gasteiger partial charge is 0.322 e. The Balaban J connectivity index is 1.43. The molecule has 2 heterocycles. The molecule has 1 amide bonds. The third-order valence-electron chi connectivity index (χ3n) is 5.78. The summed E-state index contributed by atoms with van der Waals surface area (Å²) in [5.41, 5.74) is 7.02. The summed E-state index contributed by atoms with van der Waals surface area (Å²) in [7, 11) is 0. The number of hydrogen-bond acceptors (Lipinski definition) is 3. The number of halogens is 1. The van der Waals surface area contributed by atoms with Crippen LogP contribution in [0.25, 0.3) is 15.6 Å². The molecule has 0 spiro atoms. The Morgan fingerprint density at radius 3 is 2.76 bits per heavy atom. The predicted octanol–water partition coefficient (Wildman–Crippen LogP) is 6.22. The fourth-order valence-electron chi connectivity index (χ4n) is 4.28. The van der Waals surface area contributed by atoms with Gasteiger partial charge in [-0.2, -0.15) is 0 Å². The molecule has 2 aliphatic rings. The lowest BCUT2D eigenvalue weighted by Crippen LogP contribution is -2.20. The van der Waals surface area contributed by atoms with Gasteiger partial charge >= 0.3 is 0 Å². The van der Waals surface area contributed by atoms with Crippen molar-refractivity contribution in [2.75, 3.05) is 5.32 Å². The number of fused-ring (bicyclic) bond motifs is 2. The molecule has 0 unspecified atom stereocenters. The second-order valence-electron chi connectivity index (χ2n) is 7.57. The molecule has 29 heavy (non-hydrogen) atoms. The minimum absolute atomic E-state index is 0.0954. The van der Waals surface area contributed by atoms with Gasteiger partial charge in [-0.1, -0.05) is 29.8 Å². The molecule has 0 aliphatic heterocycles. The van der Waals surface area contributed by atoms with Gasteiger partial charge in [-0.25, -0.2) is 0 Å². The number of pyridine rings is 1. The number of carbonyl (C=O) groups is 1. The lowest BCUT2D eigenvalue weighted by molar-refractivity contribution is -0.112. The van der Waals surface area contributed by atoms with E-state index in [9.17, 15) is 4.79 Å². The number of hydrogen-bond donors (Lipinski definition) is 1. The molecule has 0 bridgehead atoms. The maximum absolute atomic E-state index is 13.1. The van der Waals surface area contributed by atoms with E-state index in [1.165, 1.54) is 24.0 Å². The quantitative estimate of drug-likeness (QED) is 0.546. The van der Waals surface area contributed by atoms with E-state index in [2.05, 4.69) is 17.4 Å². The summed E-state index contributed by atoms with van der Waals surface area (Å²) in [6.07, 6.45) is 5.84. The van der Waals surface area contributed by atoms with Gasteiger partial charge < -0.3 is 5.32 Å². The van der Waals surface area contributed by atoms with Crippen molar-refractivity contribution in [1.29, 1.82) is 0 Å². The van der Waals surface area contributed by atoms with Gasteiger partial charge in [-0.15, -0.1) is 11.3 Å². The summed E-state index contributed by atoms with van der Waals surface area (Å²) in [6, 6.07) is 14.3. The number of benzene rings is 1. The van der Waals surface area contributed by atoms with E-state index in [1.54, 1.807) is 11.3 Å². The van der Waals surface area contributed by atoms with Crippen molar-refractivity contribution in [3.8, 4) is 10.6 Å². The molecular weight excluding hydrogens is 400 g/mol. The van der Waals surface area contributed by atoms with Crippen molar-refractivity contribution in [3.63, 3.8) is 0 Å². The molecule has 2 aliphatic carbocycles. The van der Waals surface area contributed by atoms with Crippen molar-refractivity contribution in [3.05, 3.63) is 75.8 Å². The number of amides is 1. The highest BCUT2D eigenvalue weighted by molar-refractivity contribution is 7.13. The Kier molecular flexibility index (Phi) is 4.98. The maximum Gasteiger partial charge on any atom is 0.253 e. The van der Waals surface area contributed by atoms with Crippen LogP contribution in [-0.4, -0.2) is 10.9 Å². The molecule has 2 aromatic heterocycles. The molecule has 5 heteroatoms. The van der Waals surface area contributed by atoms with E-state index in [-0.39, 0.29) is 5.91 Å². The molecule has 5 rings (SSSR count). The first kappa shape index (κ1) is 18.6. The van der Waals surface area contributed by atoms with Crippen LogP contribution < -0.4 is 5.32 Å². The van der Waals surface area contributed by atoms with E-state index < -0.39 is 0 Å². The number of carbonyl (C=O) groups excluding carboxylic acids is 1. The first-order valence-corrected chi connectivity index (χ1v) is 11.3. The second-order valence-corrected chi connectivity index (χ2v) is 8.89. The molecule has 0 radical (unpaired) electrons. The summed E-state index contributed by atoms with van der Waals surface area (Å²) in [4.78, 5) is 19.0. The van der Waals surface area contributed by atoms with E-state index in [0.717, 1.165) is 46.8 Å². The Hall–Kier alpha value is -2.43. The van der Waals surface area contributed by atoms with Crippen LogP contribution in [0.5, 0.6) is 0 Å². The molecule has 3 aromatic rings. The van der Waals surface area contributed by atoms with Gasteiger partial charge in [0.1, 0.15) is 0 Å². The summed E-state index contributed by atoms with van der Waals surface area (Å²) < 4.78 is 0. The summed E-state index contributed by atoms with van der Waals surface area (Å²) in [5, 5.41) is 5.71. The van der Waals surface area contributed by atoms with E-state index in [1.807, 2.05) is 35.7 Å². The van der Waals surface area contributed by atoms with E-state index in [0.29, 0.717) is 17.0 Å². The highest BCUT2D eigenvalue weighted by Crippen LogP contribution is 2.36. The van der Waals surface area contributed by atoms with Gasteiger partial charge in [0, 0.05) is 16.8 Å². The van der Waals surface area contributed by atoms with Crippen LogP contribution in [0.3, 0.4) is 0 Å². The highest BCUT2D eigenvalue weighted by atomic mass is 35.5. The summed E-state index contributed by atoms with van der Waals surface area (Å²) in [6.45, 7) is 0. The lowest BCUT2D eigenvalue weighted by atomic mass is 9.90. The third kappa shape index (κ3) is 3.52. The molecule has 146 valence electrons. The number of nitrogens with zero attached hydrogens (tertiary/aromatic N) is 1. The third-order valence-corrected chi connectivity index (χ3v) is 7.10. The van der Waals surface area contributed by atoms with Crippen molar-refractivity contribution in [1.82, 2.24) is 4.98 Å². The predicted molar refractivity (Wildman–Crippen MR) is 120 cm³/mol. The average molecular weight is 421 g/mol. The Bertz CT molecular complexity index is 1120. The van der Waals surface area contributed by atoms with Crippen LogP contribution in [0.1, 0.15) is 41.6 Å². The monoisotopic (exact) mass is 420 g/mol. The van der Waals surface area contributed by atoms with Crippen LogP contribution >= 0.6 is 22.9 Å². The first-order chi connectivity index (χ1) is 14.2. The summed E-state index contributed by atoms with van der Waals surface area (Å²) in [5.74, 6) is -0.0954. The minimum atomic E-state index is -0.0954. The van der Waals surface area contributed by atoms with Crippen LogP contribution in [0, 0.1) is 0 Å². The number of nitrogens with one attached hydrogen (secondary N) is 1. The second kappa shape index (κ2) is 7.77. The van der Waals surface area contributed by atoms with E-state index >= 15 is 0 Å². The Labute approximate surface area is 179 Å². The minimum Gasteiger partial charge on any atom is -0.322 e. The van der Waals surface area contributed by atoms with Gasteiger partial charge in [-0.05, 0) is 79.3 Å². The molecule has 0 saturated carbocycles. The number of aryl methyl sites for hydroxylation is 2. The summed E-state index contributed by atoms with van der Waals surface area (Å²) >= 11 is 8.35. The molecule has 0 saturated heterocycles. The number of anilines is 1. The zero-order valence-corrected chi connectivity index (χ0v) is 17.6. The van der Waals surface area contributed by atoms with Crippen LogP contribution in [0.4, 0.5) is 5.69 Å². The van der Waals surface area contributed by atoms with Crippen molar-refractivity contribution < 1.29 is 4.79 Å². The Morgan fingerprint density at radius 2 is 1.90 bits per heavy atom. The smallest absolute Gasteiger partial charge is 0.253 e. The number of thiophene rings is 1. The maximum atomic E-state index is 13.1. The van der Waals surface area contributed by atoms with Crippen molar-refractivity contribution in [2.24, 2.45) is 0 Å². The highest BCUT2D eigenvalue weighted by Gasteiger charge is 2.25. The average Bonchev–Trinajstić information content (AvgIpc) is 3.29. The molecule has 0 fully saturated rings. The molecule has 1 aromatic carbocycles. The number of aromatic nitrogens is 1. The zero-order chi connectivity index (χ0) is 19.8. The Morgan fingerprint density at radius 1 is 1.00 bits per heavy atom. The lowest BCUT2D eigenvalue weighted by Gasteiger charge is -2.22. The SMILES string of the molecule is O=C(Nc1cccc2c1CCCC2)C1=C(Cl)c2ccc(-c3cccs3)nc2CC1. The van der Waals surface area contributed by atoms with Gasteiger partial charge in [-0.3, -0.25) is 9.78 Å². The van der Waals surface area contributed by atoms with Crippen LogP contribution in [0.2, 0.25) is 0 Å². The molecule has 3 nitrogen and oxygen atoms in total. The number of rotatable bonds is 3. The topological polar surface area (TPSA) is 42.0 Å².